The van der Waals surface area contributed by atoms with Crippen molar-refractivity contribution in [2.24, 2.45) is 0 Å². The van der Waals surface area contributed by atoms with Crippen LogP contribution in [0.5, 0.6) is 0 Å². The van der Waals surface area contributed by atoms with Gasteiger partial charge in [0, 0.05) is 57.3 Å². The van der Waals surface area contributed by atoms with E-state index in [1.807, 2.05) is 62.4 Å². The molecule has 1 atom stereocenters. The first-order chi connectivity index (χ1) is 15.8. The van der Waals surface area contributed by atoms with Crippen molar-refractivity contribution in [1.82, 2.24) is 9.97 Å². The first-order valence-electron chi connectivity index (χ1n) is 10.7. The van der Waals surface area contributed by atoms with Crippen molar-refractivity contribution in [2.45, 2.75) is 25.9 Å². The molecular weight excluding hydrogens is 416 g/mol. The minimum Gasteiger partial charge on any atom is -0.504 e. The third-order valence-electron chi connectivity index (χ3n) is 6.24. The molecule has 0 saturated heterocycles. The first-order valence-corrected chi connectivity index (χ1v) is 10.7. The fraction of sp³-hybridized carbons (Fsp3) is 0.148. The van der Waals surface area contributed by atoms with Crippen molar-refractivity contribution in [3.05, 3.63) is 95.2 Å². The summed E-state index contributed by atoms with van der Waals surface area (Å²) in [6, 6.07) is 14.8. The van der Waals surface area contributed by atoms with Crippen LogP contribution in [0.4, 0.5) is 0 Å². The van der Waals surface area contributed by atoms with E-state index in [4.69, 9.17) is 0 Å². The van der Waals surface area contributed by atoms with Crippen molar-refractivity contribution in [3.63, 3.8) is 0 Å². The van der Waals surface area contributed by atoms with Gasteiger partial charge in [0.1, 0.15) is 0 Å². The number of para-hydroxylation sites is 2. The van der Waals surface area contributed by atoms with Crippen LogP contribution in [0.3, 0.4) is 0 Å². The fourth-order valence-electron chi connectivity index (χ4n) is 4.56. The van der Waals surface area contributed by atoms with E-state index in [1.165, 1.54) is 0 Å². The van der Waals surface area contributed by atoms with Crippen LogP contribution in [0.15, 0.2) is 84.1 Å². The van der Waals surface area contributed by atoms with Gasteiger partial charge in [0.25, 0.3) is 0 Å². The Morgan fingerprint density at radius 1 is 0.879 bits per heavy atom. The minimum absolute atomic E-state index is 0.0106. The highest BCUT2D eigenvalue weighted by Gasteiger charge is 2.49. The summed E-state index contributed by atoms with van der Waals surface area (Å²) >= 11 is 0. The van der Waals surface area contributed by atoms with Gasteiger partial charge in [0.2, 0.25) is 5.78 Å². The number of aliphatic hydroxyl groups is 3. The zero-order valence-corrected chi connectivity index (χ0v) is 18.3. The van der Waals surface area contributed by atoms with Crippen LogP contribution in [0, 0.1) is 0 Å². The van der Waals surface area contributed by atoms with E-state index in [2.05, 4.69) is 9.97 Å². The van der Waals surface area contributed by atoms with Crippen molar-refractivity contribution < 1.29 is 20.1 Å². The van der Waals surface area contributed by atoms with Gasteiger partial charge in [-0.3, -0.25) is 4.79 Å². The maximum absolute atomic E-state index is 13.9. The summed E-state index contributed by atoms with van der Waals surface area (Å²) in [5, 5.41) is 35.7. The van der Waals surface area contributed by atoms with Crippen molar-refractivity contribution >= 4 is 38.7 Å². The summed E-state index contributed by atoms with van der Waals surface area (Å²) < 4.78 is 0. The quantitative estimate of drug-likeness (QED) is 0.268. The standard InChI is InChI=1S/C27H24N2O4/c1-15(2)11-12-27(33)23(19-14-29-21-10-6-4-8-17(19)21)25(31)24(30)22(26(27)32)18-13-28-20-9-5-3-7-16(18)20/h3-11,13-14,28-31,33H,12H2,1-2H3. The molecule has 166 valence electrons. The molecule has 5 N–H and O–H groups in total. The van der Waals surface area contributed by atoms with Gasteiger partial charge < -0.3 is 25.3 Å². The minimum atomic E-state index is -2.08. The van der Waals surface area contributed by atoms with E-state index < -0.39 is 22.9 Å². The van der Waals surface area contributed by atoms with E-state index in [9.17, 15) is 20.1 Å². The summed E-state index contributed by atoms with van der Waals surface area (Å²) in [6.07, 6.45) is 4.96. The van der Waals surface area contributed by atoms with Crippen LogP contribution in [0.2, 0.25) is 0 Å². The normalized spacial score (nSPS) is 19.1. The Morgan fingerprint density at radius 3 is 2.03 bits per heavy atom. The lowest BCUT2D eigenvalue weighted by Crippen LogP contribution is -2.43. The molecule has 2 heterocycles. The number of H-pyrrole nitrogens is 2. The number of rotatable bonds is 4. The molecule has 0 aliphatic heterocycles. The number of fused-ring (bicyclic) bond motifs is 2. The molecule has 0 radical (unpaired) electrons. The Bertz CT molecular complexity index is 1510. The number of nitrogens with one attached hydrogen (secondary N) is 2. The Kier molecular flexibility index (Phi) is 4.76. The van der Waals surface area contributed by atoms with Gasteiger partial charge >= 0.3 is 0 Å². The zero-order chi connectivity index (χ0) is 23.3. The Balaban J connectivity index is 1.82. The van der Waals surface area contributed by atoms with Crippen LogP contribution < -0.4 is 0 Å². The number of aliphatic hydroxyl groups excluding tert-OH is 2. The van der Waals surface area contributed by atoms with E-state index in [-0.39, 0.29) is 17.6 Å². The van der Waals surface area contributed by atoms with Crippen molar-refractivity contribution in [3.8, 4) is 0 Å². The average Bonchev–Trinajstić information content (AvgIpc) is 3.42. The number of hydrogen-bond acceptors (Lipinski definition) is 4. The second-order valence-corrected chi connectivity index (χ2v) is 8.62. The number of benzene rings is 2. The number of allylic oxidation sites excluding steroid dienone is 1. The van der Waals surface area contributed by atoms with Gasteiger partial charge in [-0.25, -0.2) is 0 Å². The Morgan fingerprint density at radius 2 is 1.42 bits per heavy atom. The van der Waals surface area contributed by atoms with Crippen molar-refractivity contribution in [2.75, 3.05) is 0 Å². The summed E-state index contributed by atoms with van der Waals surface area (Å²) in [7, 11) is 0. The van der Waals surface area contributed by atoms with Crippen LogP contribution in [-0.2, 0) is 4.79 Å². The topological polar surface area (TPSA) is 109 Å². The number of hydrogen-bond donors (Lipinski definition) is 5. The predicted octanol–water partition coefficient (Wildman–Crippen LogP) is 5.56. The third kappa shape index (κ3) is 3.10. The molecule has 4 aromatic rings. The molecule has 0 saturated carbocycles. The SMILES string of the molecule is CC(C)=CCC1(O)C(=O)C(c2c[nH]c3ccccc23)=C(O)C(O)=C1c1c[nH]c2ccccc12. The number of aromatic amines is 2. The lowest BCUT2D eigenvalue weighted by atomic mass is 9.73. The first kappa shape index (κ1) is 20.8. The van der Waals surface area contributed by atoms with Gasteiger partial charge in [-0.1, -0.05) is 48.0 Å². The fourth-order valence-corrected chi connectivity index (χ4v) is 4.56. The third-order valence-corrected chi connectivity index (χ3v) is 6.24. The van der Waals surface area contributed by atoms with E-state index in [0.717, 1.165) is 22.0 Å². The van der Waals surface area contributed by atoms with E-state index >= 15 is 0 Å². The molecule has 33 heavy (non-hydrogen) atoms. The largest absolute Gasteiger partial charge is 0.504 e. The van der Waals surface area contributed by atoms with Crippen LogP contribution in [0.1, 0.15) is 31.4 Å². The summed E-state index contributed by atoms with van der Waals surface area (Å²) in [5.41, 5.74) is 1.17. The summed E-state index contributed by atoms with van der Waals surface area (Å²) in [6.45, 7) is 3.75. The number of ketones is 1. The smallest absolute Gasteiger partial charge is 0.203 e. The number of carbonyl (C=O) groups excluding carboxylic acids is 1. The Hall–Kier alpha value is -4.03. The highest BCUT2D eigenvalue weighted by molar-refractivity contribution is 6.33. The lowest BCUT2D eigenvalue weighted by molar-refractivity contribution is -0.126. The molecule has 1 aliphatic carbocycles. The van der Waals surface area contributed by atoms with Crippen LogP contribution in [0.25, 0.3) is 33.0 Å². The molecule has 6 nitrogen and oxygen atoms in total. The maximum Gasteiger partial charge on any atom is 0.203 e. The maximum atomic E-state index is 13.9. The molecular formula is C27H24N2O4. The number of aromatic nitrogens is 2. The molecule has 2 aromatic heterocycles. The van der Waals surface area contributed by atoms with Crippen molar-refractivity contribution in [1.29, 1.82) is 0 Å². The van der Waals surface area contributed by atoms with Gasteiger partial charge in [-0.15, -0.1) is 0 Å². The highest BCUT2D eigenvalue weighted by atomic mass is 16.3. The van der Waals surface area contributed by atoms with Gasteiger partial charge in [0.05, 0.1) is 5.57 Å². The zero-order valence-electron chi connectivity index (χ0n) is 18.3. The molecule has 0 fully saturated rings. The highest BCUT2D eigenvalue weighted by Crippen LogP contribution is 2.46. The molecule has 1 unspecified atom stereocenters. The van der Waals surface area contributed by atoms with E-state index in [1.54, 1.807) is 18.5 Å². The van der Waals surface area contributed by atoms with Gasteiger partial charge in [0.15, 0.2) is 17.1 Å². The molecule has 0 bridgehead atoms. The lowest BCUT2D eigenvalue weighted by Gasteiger charge is -2.34. The van der Waals surface area contributed by atoms with Crippen LogP contribution >= 0.6 is 0 Å². The second-order valence-electron chi connectivity index (χ2n) is 8.62. The summed E-state index contributed by atoms with van der Waals surface area (Å²) in [5.74, 6) is -1.73. The molecule has 5 rings (SSSR count). The molecule has 1 aliphatic rings. The van der Waals surface area contributed by atoms with Gasteiger partial charge in [-0.05, 0) is 26.0 Å². The predicted molar refractivity (Wildman–Crippen MR) is 130 cm³/mol. The summed E-state index contributed by atoms with van der Waals surface area (Å²) in [4.78, 5) is 20.1. The molecule has 2 aromatic carbocycles. The molecule has 0 amide bonds. The number of carbonyl (C=O) groups is 1. The molecule has 0 spiro atoms. The monoisotopic (exact) mass is 440 g/mol. The van der Waals surface area contributed by atoms with Gasteiger partial charge in [-0.2, -0.15) is 0 Å². The average molecular weight is 440 g/mol. The second kappa shape index (κ2) is 7.53. The number of Topliss-reactive ketones (excluding diaryl/α,β-unsaturated/α-hetero) is 1. The molecule has 6 heteroatoms. The van der Waals surface area contributed by atoms with E-state index in [0.29, 0.717) is 16.5 Å². The van der Waals surface area contributed by atoms with Crippen LogP contribution in [-0.4, -0.2) is 36.7 Å². The Labute approximate surface area is 190 Å².